The minimum Gasteiger partial charge on any atom is -0.360 e. The highest BCUT2D eigenvalue weighted by Gasteiger charge is 2.29. The van der Waals surface area contributed by atoms with Crippen LogP contribution in [0.4, 0.5) is 14.6 Å². The molecule has 0 saturated heterocycles. The number of nitrogens with one attached hydrogen (secondary N) is 1. The van der Waals surface area contributed by atoms with Gasteiger partial charge in [-0.05, 0) is 25.8 Å². The first-order chi connectivity index (χ1) is 11.1. The van der Waals surface area contributed by atoms with Gasteiger partial charge in [0.1, 0.15) is 17.5 Å². The van der Waals surface area contributed by atoms with Crippen LogP contribution in [-0.4, -0.2) is 19.6 Å². The van der Waals surface area contributed by atoms with E-state index in [4.69, 9.17) is 0 Å². The zero-order chi connectivity index (χ0) is 16.0. The van der Waals surface area contributed by atoms with Crippen LogP contribution in [0.1, 0.15) is 43.1 Å². The van der Waals surface area contributed by atoms with Crippen molar-refractivity contribution in [3.63, 3.8) is 0 Å². The smallest absolute Gasteiger partial charge is 0.203 e. The molecule has 1 aliphatic carbocycles. The number of nitrogens with zero attached hydrogens (tertiary/aromatic N) is 4. The van der Waals surface area contributed by atoms with E-state index in [2.05, 4.69) is 20.5 Å². The van der Waals surface area contributed by atoms with Gasteiger partial charge in [-0.2, -0.15) is 0 Å². The predicted molar refractivity (Wildman–Crippen MR) is 81.2 cm³/mol. The average molecular weight is 315 g/mol. The van der Waals surface area contributed by atoms with Gasteiger partial charge in [0.25, 0.3) is 0 Å². The summed E-state index contributed by atoms with van der Waals surface area (Å²) in [7, 11) is 0. The SMILES string of the molecule is CC(Nc1nccn2c(C3CC3)nnc12)c1ccc(F)cc1F. The van der Waals surface area contributed by atoms with Crippen LogP contribution >= 0.6 is 0 Å². The van der Waals surface area contributed by atoms with Gasteiger partial charge in [-0.1, -0.05) is 6.07 Å². The summed E-state index contributed by atoms with van der Waals surface area (Å²) in [6.45, 7) is 1.79. The molecule has 118 valence electrons. The van der Waals surface area contributed by atoms with E-state index in [0.29, 0.717) is 22.9 Å². The van der Waals surface area contributed by atoms with Crippen molar-refractivity contribution < 1.29 is 8.78 Å². The van der Waals surface area contributed by atoms with Crippen LogP contribution in [0.5, 0.6) is 0 Å². The molecule has 7 heteroatoms. The number of anilines is 1. The topological polar surface area (TPSA) is 55.1 Å². The Kier molecular flexibility index (Phi) is 3.21. The minimum atomic E-state index is -0.592. The molecule has 1 aromatic carbocycles. The zero-order valence-electron chi connectivity index (χ0n) is 12.5. The normalized spacial score (nSPS) is 15.8. The quantitative estimate of drug-likeness (QED) is 0.801. The van der Waals surface area contributed by atoms with Gasteiger partial charge in [0.05, 0.1) is 6.04 Å². The van der Waals surface area contributed by atoms with E-state index in [1.807, 2.05) is 10.6 Å². The summed E-state index contributed by atoms with van der Waals surface area (Å²) in [5, 5.41) is 11.6. The maximum atomic E-state index is 13.9. The lowest BCUT2D eigenvalue weighted by Crippen LogP contribution is -2.11. The van der Waals surface area contributed by atoms with Crippen LogP contribution in [0.25, 0.3) is 5.65 Å². The summed E-state index contributed by atoms with van der Waals surface area (Å²) >= 11 is 0. The van der Waals surface area contributed by atoms with Gasteiger partial charge in [-0.3, -0.25) is 4.40 Å². The van der Waals surface area contributed by atoms with E-state index in [1.165, 1.54) is 12.1 Å². The number of fused-ring (bicyclic) bond motifs is 1. The maximum Gasteiger partial charge on any atom is 0.203 e. The maximum absolute atomic E-state index is 13.9. The number of aromatic nitrogens is 4. The zero-order valence-corrected chi connectivity index (χ0v) is 12.5. The third-order valence-corrected chi connectivity index (χ3v) is 4.08. The molecule has 4 rings (SSSR count). The van der Waals surface area contributed by atoms with Crippen molar-refractivity contribution in [3.05, 3.63) is 53.6 Å². The lowest BCUT2D eigenvalue weighted by molar-refractivity contribution is 0.566. The molecule has 0 radical (unpaired) electrons. The summed E-state index contributed by atoms with van der Waals surface area (Å²) in [5.74, 6) is 0.753. The van der Waals surface area contributed by atoms with Crippen molar-refractivity contribution in [3.8, 4) is 0 Å². The van der Waals surface area contributed by atoms with E-state index in [-0.39, 0.29) is 6.04 Å². The summed E-state index contributed by atoms with van der Waals surface area (Å²) in [4.78, 5) is 4.28. The Morgan fingerprint density at radius 1 is 1.26 bits per heavy atom. The molecule has 1 aliphatic rings. The fraction of sp³-hybridized carbons (Fsp3) is 0.312. The Morgan fingerprint density at radius 2 is 2.09 bits per heavy atom. The molecule has 1 unspecified atom stereocenters. The second kappa shape index (κ2) is 5.26. The average Bonchev–Trinajstić information content (AvgIpc) is 3.26. The van der Waals surface area contributed by atoms with Crippen LogP contribution in [0.3, 0.4) is 0 Å². The predicted octanol–water partition coefficient (Wildman–Crippen LogP) is 3.45. The molecule has 2 heterocycles. The molecule has 1 saturated carbocycles. The second-order valence-electron chi connectivity index (χ2n) is 5.83. The van der Waals surface area contributed by atoms with Crippen LogP contribution in [-0.2, 0) is 0 Å². The lowest BCUT2D eigenvalue weighted by atomic mass is 10.1. The fourth-order valence-electron chi connectivity index (χ4n) is 2.70. The summed E-state index contributed by atoms with van der Waals surface area (Å²) in [6, 6.07) is 3.17. The molecule has 0 aliphatic heterocycles. The van der Waals surface area contributed by atoms with Crippen LogP contribution in [0, 0.1) is 11.6 Å². The molecular weight excluding hydrogens is 300 g/mol. The van der Waals surface area contributed by atoms with E-state index in [1.54, 1.807) is 13.1 Å². The van der Waals surface area contributed by atoms with E-state index < -0.39 is 11.6 Å². The van der Waals surface area contributed by atoms with Gasteiger partial charge in [-0.25, -0.2) is 13.8 Å². The molecule has 2 aromatic heterocycles. The summed E-state index contributed by atoms with van der Waals surface area (Å²) < 4.78 is 28.9. The van der Waals surface area contributed by atoms with Gasteiger partial charge in [0.15, 0.2) is 5.82 Å². The third-order valence-electron chi connectivity index (χ3n) is 4.08. The molecule has 0 bridgehead atoms. The molecule has 1 fully saturated rings. The highest BCUT2D eigenvalue weighted by molar-refractivity contribution is 5.63. The minimum absolute atomic E-state index is 0.372. The second-order valence-corrected chi connectivity index (χ2v) is 5.83. The van der Waals surface area contributed by atoms with Crippen LogP contribution < -0.4 is 5.32 Å². The number of hydrogen-bond acceptors (Lipinski definition) is 4. The first-order valence-electron chi connectivity index (χ1n) is 7.54. The Hall–Kier alpha value is -2.57. The van der Waals surface area contributed by atoms with Crippen molar-refractivity contribution in [1.82, 2.24) is 19.6 Å². The number of rotatable bonds is 4. The summed E-state index contributed by atoms with van der Waals surface area (Å²) in [6.07, 6.45) is 5.75. The Morgan fingerprint density at radius 3 is 2.83 bits per heavy atom. The van der Waals surface area contributed by atoms with Crippen LogP contribution in [0.15, 0.2) is 30.6 Å². The summed E-state index contributed by atoms with van der Waals surface area (Å²) in [5.41, 5.74) is 0.987. The van der Waals surface area contributed by atoms with Gasteiger partial charge < -0.3 is 5.32 Å². The molecule has 0 amide bonds. The van der Waals surface area contributed by atoms with E-state index in [0.717, 1.165) is 24.7 Å². The number of benzene rings is 1. The third kappa shape index (κ3) is 2.52. The van der Waals surface area contributed by atoms with Crippen molar-refractivity contribution in [2.45, 2.75) is 31.7 Å². The largest absolute Gasteiger partial charge is 0.360 e. The van der Waals surface area contributed by atoms with Crippen molar-refractivity contribution >= 4 is 11.5 Å². The fourth-order valence-corrected chi connectivity index (χ4v) is 2.70. The van der Waals surface area contributed by atoms with E-state index >= 15 is 0 Å². The van der Waals surface area contributed by atoms with Gasteiger partial charge >= 0.3 is 0 Å². The van der Waals surface area contributed by atoms with Gasteiger partial charge in [-0.15, -0.1) is 10.2 Å². The highest BCUT2D eigenvalue weighted by atomic mass is 19.1. The Bertz CT molecular complexity index is 872. The monoisotopic (exact) mass is 315 g/mol. The standard InChI is InChI=1S/C16H15F2N5/c1-9(12-5-4-11(17)8-13(12)18)20-14-16-22-21-15(10-2-3-10)23(16)7-6-19-14/h4-10H,2-3H2,1H3,(H,19,20). The lowest BCUT2D eigenvalue weighted by Gasteiger charge is -2.16. The molecular formula is C16H15F2N5. The first kappa shape index (κ1) is 14.0. The number of halogens is 2. The molecule has 23 heavy (non-hydrogen) atoms. The molecule has 1 N–H and O–H groups in total. The van der Waals surface area contributed by atoms with Gasteiger partial charge in [0.2, 0.25) is 5.65 Å². The first-order valence-corrected chi connectivity index (χ1v) is 7.54. The van der Waals surface area contributed by atoms with Crippen LogP contribution in [0.2, 0.25) is 0 Å². The number of hydrogen-bond donors (Lipinski definition) is 1. The molecule has 3 aromatic rings. The Balaban J connectivity index is 1.67. The van der Waals surface area contributed by atoms with E-state index in [9.17, 15) is 8.78 Å². The molecule has 5 nitrogen and oxygen atoms in total. The highest BCUT2D eigenvalue weighted by Crippen LogP contribution is 2.39. The van der Waals surface area contributed by atoms with Crippen molar-refractivity contribution in [2.75, 3.05) is 5.32 Å². The van der Waals surface area contributed by atoms with Gasteiger partial charge in [0, 0.05) is 29.9 Å². The van der Waals surface area contributed by atoms with Crippen molar-refractivity contribution in [2.24, 2.45) is 0 Å². The van der Waals surface area contributed by atoms with Crippen molar-refractivity contribution in [1.29, 1.82) is 0 Å². The Labute approximate surface area is 131 Å². The molecule has 0 spiro atoms. The molecule has 1 atom stereocenters.